The number of carbonyl (C=O) groups is 5. The van der Waals surface area contributed by atoms with Crippen LogP contribution in [0.4, 0.5) is 4.79 Å². The Labute approximate surface area is 300 Å². The van der Waals surface area contributed by atoms with Crippen molar-refractivity contribution in [3.63, 3.8) is 0 Å². The number of fused-ring (bicyclic) bond motifs is 3. The van der Waals surface area contributed by atoms with Gasteiger partial charge < -0.3 is 29.7 Å². The number of aryl methyl sites for hydroxylation is 1. The number of methoxy groups -OCH3 is 1. The minimum Gasteiger partial charge on any atom is -0.488 e. The van der Waals surface area contributed by atoms with E-state index in [9.17, 15) is 24.0 Å². The number of nitrogens with zero attached hydrogens (tertiary/aromatic N) is 2. The highest BCUT2D eigenvalue weighted by Gasteiger charge is 2.62. The molecule has 3 amide bonds. The van der Waals surface area contributed by atoms with Crippen molar-refractivity contribution in [1.29, 1.82) is 0 Å². The van der Waals surface area contributed by atoms with Crippen LogP contribution in [0.2, 0.25) is 0 Å². The van der Waals surface area contributed by atoms with Gasteiger partial charge in [0.15, 0.2) is 5.78 Å². The Balaban J connectivity index is 1.32. The van der Waals surface area contributed by atoms with Gasteiger partial charge in [-0.1, -0.05) is 53.1 Å². The quantitative estimate of drug-likeness (QED) is 0.171. The Kier molecular flexibility index (Phi) is 11.1. The van der Waals surface area contributed by atoms with Crippen LogP contribution in [0.1, 0.15) is 86.7 Å². The summed E-state index contributed by atoms with van der Waals surface area (Å²) in [7, 11) is 1.30. The smallest absolute Gasteiger partial charge is 0.408 e. The van der Waals surface area contributed by atoms with Crippen molar-refractivity contribution in [2.24, 2.45) is 5.92 Å². The average Bonchev–Trinajstić information content (AvgIpc) is 3.38. The van der Waals surface area contributed by atoms with Crippen molar-refractivity contribution in [2.75, 3.05) is 19.0 Å². The van der Waals surface area contributed by atoms with E-state index in [0.717, 1.165) is 50.5 Å². The number of para-hydroxylation sites is 1. The van der Waals surface area contributed by atoms with Crippen LogP contribution in [0.15, 0.2) is 36.4 Å². The first-order valence-electron chi connectivity index (χ1n) is 17.6. The highest BCUT2D eigenvalue weighted by atomic mass is 79.9. The first-order chi connectivity index (χ1) is 24.1. The number of allylic oxidation sites excluding steroid dienone is 1. The van der Waals surface area contributed by atoms with Gasteiger partial charge in [0.1, 0.15) is 41.3 Å². The number of alkyl halides is 1. The lowest BCUT2D eigenvalue weighted by molar-refractivity contribution is -0.148. The lowest BCUT2D eigenvalue weighted by Gasteiger charge is -2.29. The van der Waals surface area contributed by atoms with Gasteiger partial charge in [-0.25, -0.2) is 14.6 Å². The number of carbonyl (C=O) groups excluding carboxylic acids is 5. The van der Waals surface area contributed by atoms with Crippen LogP contribution in [-0.4, -0.2) is 88.4 Å². The number of hydrogen-bond acceptors (Lipinski definition) is 9. The number of nitrogens with one attached hydrogen (secondary N) is 2. The van der Waals surface area contributed by atoms with Gasteiger partial charge in [-0.15, -0.1) is 0 Å². The number of ether oxygens (including phenoxy) is 3. The summed E-state index contributed by atoms with van der Waals surface area (Å²) in [5.74, 6) is -1.48. The zero-order valence-corrected chi connectivity index (χ0v) is 30.2. The van der Waals surface area contributed by atoms with E-state index in [1.54, 1.807) is 6.07 Å². The molecular weight excluding hydrogens is 708 g/mol. The molecule has 1 aromatic heterocycles. The number of rotatable bonds is 7. The predicted octanol–water partition coefficient (Wildman–Crippen LogP) is 5.07. The number of ketones is 1. The van der Waals surface area contributed by atoms with Gasteiger partial charge in [-0.2, -0.15) is 0 Å². The van der Waals surface area contributed by atoms with Crippen molar-refractivity contribution >= 4 is 56.5 Å². The number of benzene rings is 1. The molecule has 0 spiro atoms. The van der Waals surface area contributed by atoms with Crippen LogP contribution < -0.4 is 15.4 Å². The summed E-state index contributed by atoms with van der Waals surface area (Å²) in [4.78, 5) is 73.5. The van der Waals surface area contributed by atoms with Gasteiger partial charge in [0.05, 0.1) is 24.5 Å². The largest absolute Gasteiger partial charge is 0.488 e. The molecule has 2 aliphatic carbocycles. The van der Waals surface area contributed by atoms with Crippen molar-refractivity contribution in [3.05, 3.63) is 47.7 Å². The molecule has 3 fully saturated rings. The maximum atomic E-state index is 14.4. The molecule has 2 aliphatic heterocycles. The minimum atomic E-state index is -1.22. The zero-order valence-electron chi connectivity index (χ0n) is 28.6. The molecule has 6 rings (SSSR count). The van der Waals surface area contributed by atoms with Gasteiger partial charge in [0.2, 0.25) is 11.8 Å². The first-order valence-corrected chi connectivity index (χ1v) is 18.8. The van der Waals surface area contributed by atoms with Crippen LogP contribution in [-0.2, 0) is 23.9 Å². The fraction of sp³-hybridized carbons (Fsp3) is 0.568. The van der Waals surface area contributed by atoms with Gasteiger partial charge in [0.25, 0.3) is 0 Å². The molecule has 2 N–H and O–H groups in total. The van der Waals surface area contributed by atoms with E-state index in [1.807, 2.05) is 37.3 Å². The average molecular weight is 754 g/mol. The number of alkyl carbamates (subject to hydrolysis) is 1. The normalized spacial score (nSPS) is 27.4. The molecule has 50 heavy (non-hydrogen) atoms. The number of Topliss-reactive ketones (excluding diaryl/α,β-unsaturated/α-hetero) is 1. The van der Waals surface area contributed by atoms with Crippen molar-refractivity contribution in [2.45, 2.75) is 107 Å². The van der Waals surface area contributed by atoms with E-state index in [2.05, 4.69) is 31.5 Å². The summed E-state index contributed by atoms with van der Waals surface area (Å²) in [5, 5.41) is 6.56. The Morgan fingerprint density at radius 2 is 1.86 bits per heavy atom. The lowest BCUT2D eigenvalue weighted by atomic mass is 10.0. The van der Waals surface area contributed by atoms with Crippen molar-refractivity contribution < 1.29 is 38.2 Å². The van der Waals surface area contributed by atoms with Crippen LogP contribution in [0, 0.1) is 12.8 Å². The van der Waals surface area contributed by atoms with Crippen LogP contribution >= 0.6 is 15.9 Å². The topological polar surface area (TPSA) is 153 Å². The summed E-state index contributed by atoms with van der Waals surface area (Å²) in [6, 6.07) is 5.31. The molecule has 268 valence electrons. The Morgan fingerprint density at radius 3 is 2.62 bits per heavy atom. The fourth-order valence-electron chi connectivity index (χ4n) is 7.50. The summed E-state index contributed by atoms with van der Waals surface area (Å²) in [5.41, 5.74) is 0.500. The second kappa shape index (κ2) is 15.5. The molecule has 12 nitrogen and oxygen atoms in total. The third-order valence-electron chi connectivity index (χ3n) is 10.4. The third kappa shape index (κ3) is 7.67. The first kappa shape index (κ1) is 35.8. The number of pyridine rings is 1. The van der Waals surface area contributed by atoms with E-state index in [0.29, 0.717) is 35.9 Å². The Hall–Kier alpha value is -4.00. The summed E-state index contributed by atoms with van der Waals surface area (Å²) >= 11 is 3.23. The van der Waals surface area contributed by atoms with E-state index < -0.39 is 47.6 Å². The number of amides is 3. The molecule has 1 saturated heterocycles. The van der Waals surface area contributed by atoms with Crippen LogP contribution in [0.5, 0.6) is 5.75 Å². The summed E-state index contributed by atoms with van der Waals surface area (Å²) in [6.45, 7) is 1.94. The lowest BCUT2D eigenvalue weighted by Crippen LogP contribution is -2.56. The molecular formula is C37H45BrN4O8. The van der Waals surface area contributed by atoms with E-state index >= 15 is 0 Å². The number of hydrogen-bond donors (Lipinski definition) is 2. The summed E-state index contributed by atoms with van der Waals surface area (Å²) < 4.78 is 17.3. The maximum Gasteiger partial charge on any atom is 0.408 e. The predicted molar refractivity (Wildman–Crippen MR) is 188 cm³/mol. The van der Waals surface area contributed by atoms with Crippen LogP contribution in [0.25, 0.3) is 10.9 Å². The SMILES string of the molecule is COC(=O)[C@@]12CC1C=CCCCCC[C@H](NC(=O)OC1CCCC1)C(=O)N1C[C@H](Oc3cc(C(=O)CBr)nc4c(C)cccc34)C[C@H]1C(=O)N2. The highest BCUT2D eigenvalue weighted by Crippen LogP contribution is 2.46. The van der Waals surface area contributed by atoms with E-state index in [-0.39, 0.29) is 41.8 Å². The third-order valence-corrected chi connectivity index (χ3v) is 10.9. The molecule has 3 heterocycles. The van der Waals surface area contributed by atoms with E-state index in [4.69, 9.17) is 14.2 Å². The fourth-order valence-corrected chi connectivity index (χ4v) is 7.79. The molecule has 0 bridgehead atoms. The second-order valence-corrected chi connectivity index (χ2v) is 14.4. The summed E-state index contributed by atoms with van der Waals surface area (Å²) in [6.07, 6.45) is 10.2. The van der Waals surface area contributed by atoms with Gasteiger partial charge in [-0.3, -0.25) is 14.4 Å². The monoisotopic (exact) mass is 752 g/mol. The molecule has 13 heteroatoms. The molecule has 2 saturated carbocycles. The van der Waals surface area contributed by atoms with Crippen LogP contribution in [0.3, 0.4) is 0 Å². The molecule has 1 aromatic carbocycles. The molecule has 0 radical (unpaired) electrons. The van der Waals surface area contributed by atoms with Gasteiger partial charge in [-0.05, 0) is 69.9 Å². The van der Waals surface area contributed by atoms with Crippen molar-refractivity contribution in [3.8, 4) is 5.75 Å². The zero-order chi connectivity index (χ0) is 35.4. The minimum absolute atomic E-state index is 0.0404. The number of aromatic nitrogens is 1. The van der Waals surface area contributed by atoms with Gasteiger partial charge >= 0.3 is 12.1 Å². The Bertz CT molecular complexity index is 1680. The Morgan fingerprint density at radius 1 is 1.08 bits per heavy atom. The molecule has 5 atom stereocenters. The maximum absolute atomic E-state index is 14.4. The number of esters is 1. The van der Waals surface area contributed by atoms with Gasteiger partial charge in [0, 0.05) is 23.8 Å². The molecule has 4 aliphatic rings. The standard InChI is InChI=1S/C37H45BrN4O8/c1-22-11-10-15-26-31(18-28(30(43)20-38)39-32(22)26)49-25-17-29-33(44)41-37(35(46)48-2)19-23(37)12-6-4-3-5-7-16-27(34(45)42(29)21-25)40-36(47)50-24-13-8-9-14-24/h6,10-12,15,18,23-25,27,29H,3-5,7-9,13-14,16-17,19-21H2,1-2H3,(H,40,47)(H,41,44)/t23?,25-,27+,29+,37-/m1/s1. The highest BCUT2D eigenvalue weighted by molar-refractivity contribution is 9.09. The van der Waals surface area contributed by atoms with Crippen molar-refractivity contribution in [1.82, 2.24) is 20.5 Å². The molecule has 2 aromatic rings. The van der Waals surface area contributed by atoms with E-state index in [1.165, 1.54) is 12.0 Å². The molecule has 1 unspecified atom stereocenters. The number of halogens is 1. The second-order valence-electron chi connectivity index (χ2n) is 13.9.